The molecule has 1 N–H and O–H groups in total. The second-order valence-corrected chi connectivity index (χ2v) is 10.2. The molecule has 0 radical (unpaired) electrons. The van der Waals surface area contributed by atoms with Crippen LogP contribution in [0.25, 0.3) is 0 Å². The van der Waals surface area contributed by atoms with E-state index in [1.165, 1.54) is 25.7 Å². The summed E-state index contributed by atoms with van der Waals surface area (Å²) in [5.74, 6) is 2.85. The molecule has 1 aliphatic carbocycles. The van der Waals surface area contributed by atoms with E-state index in [-0.39, 0.29) is 5.56 Å². The number of pyridine rings is 1. The minimum absolute atomic E-state index is 0.111. The van der Waals surface area contributed by atoms with Gasteiger partial charge in [0.15, 0.2) is 0 Å². The molecule has 3 aliphatic heterocycles. The van der Waals surface area contributed by atoms with Crippen LogP contribution in [0.1, 0.15) is 50.1 Å². The Morgan fingerprint density at radius 3 is 2.69 bits per heavy atom. The maximum absolute atomic E-state index is 12.4. The Balaban J connectivity index is 1.24. The summed E-state index contributed by atoms with van der Waals surface area (Å²) in [6.07, 6.45) is 9.58. The number of rotatable bonds is 6. The molecule has 4 aliphatic rings. The van der Waals surface area contributed by atoms with Gasteiger partial charge in [0.25, 0.3) is 5.56 Å². The molecular weight excluding hydrogens is 442 g/mol. The second-order valence-electron chi connectivity index (χ2n) is 10.2. The lowest BCUT2D eigenvalue weighted by Gasteiger charge is -2.42. The highest BCUT2D eigenvalue weighted by molar-refractivity contribution is 5.46. The third-order valence-electron chi connectivity index (χ3n) is 7.78. The van der Waals surface area contributed by atoms with Crippen LogP contribution in [-0.2, 0) is 11.3 Å². The highest BCUT2D eigenvalue weighted by Gasteiger charge is 2.36. The van der Waals surface area contributed by atoms with Crippen molar-refractivity contribution >= 4 is 17.8 Å². The van der Waals surface area contributed by atoms with Gasteiger partial charge in [0.1, 0.15) is 0 Å². The summed E-state index contributed by atoms with van der Waals surface area (Å²) < 4.78 is 7.52. The Morgan fingerprint density at radius 2 is 1.86 bits per heavy atom. The number of ether oxygens (including phenoxy) is 1. The van der Waals surface area contributed by atoms with E-state index in [0.29, 0.717) is 31.0 Å². The van der Waals surface area contributed by atoms with Gasteiger partial charge in [-0.25, -0.2) is 0 Å². The molecule has 0 aromatic carbocycles. The lowest BCUT2D eigenvalue weighted by molar-refractivity contribution is 0.122. The molecule has 186 valence electrons. The predicted molar refractivity (Wildman–Crippen MR) is 136 cm³/mol. The minimum atomic E-state index is 0.111. The summed E-state index contributed by atoms with van der Waals surface area (Å²) in [7, 11) is 0. The molecule has 9 heteroatoms. The molecule has 0 saturated carbocycles. The van der Waals surface area contributed by atoms with Gasteiger partial charge in [0.05, 0.1) is 13.2 Å². The summed E-state index contributed by atoms with van der Waals surface area (Å²) in [6.45, 7) is 6.24. The van der Waals surface area contributed by atoms with Crippen LogP contribution in [0.5, 0.6) is 0 Å². The van der Waals surface area contributed by atoms with Crippen molar-refractivity contribution in [3.05, 3.63) is 45.9 Å². The fourth-order valence-electron chi connectivity index (χ4n) is 6.01. The standard InChI is InChI=1S/C26H35N7O2/c34-23-8-4-7-22-21-15-20(17-33(22)23)16-32(18-21)26-29-24(27-10-9-19-5-2-1-3-6-19)28-25(30-26)31-11-13-35-14-12-31/h4-5,7-8,20-21H,1-3,6,9-18H2,(H,27,28,29,30)/t20-,21-/m1/s1. The van der Waals surface area contributed by atoms with Gasteiger partial charge in [0, 0.05) is 56.9 Å². The molecule has 35 heavy (non-hydrogen) atoms. The van der Waals surface area contributed by atoms with Gasteiger partial charge in [0.2, 0.25) is 17.8 Å². The van der Waals surface area contributed by atoms with Gasteiger partial charge in [-0.05, 0) is 50.5 Å². The number of hydrogen-bond donors (Lipinski definition) is 1. The molecule has 2 atom stereocenters. The first-order chi connectivity index (χ1) is 17.2. The van der Waals surface area contributed by atoms with E-state index < -0.39 is 0 Å². The van der Waals surface area contributed by atoms with Crippen molar-refractivity contribution in [1.29, 1.82) is 0 Å². The molecule has 5 heterocycles. The number of morpholine rings is 1. The van der Waals surface area contributed by atoms with Crippen molar-refractivity contribution in [2.24, 2.45) is 5.92 Å². The number of aromatic nitrogens is 4. The lowest BCUT2D eigenvalue weighted by Crippen LogP contribution is -2.48. The van der Waals surface area contributed by atoms with Crippen molar-refractivity contribution in [1.82, 2.24) is 19.5 Å². The third-order valence-corrected chi connectivity index (χ3v) is 7.78. The fourth-order valence-corrected chi connectivity index (χ4v) is 6.01. The first kappa shape index (κ1) is 22.5. The van der Waals surface area contributed by atoms with E-state index in [2.05, 4.69) is 27.3 Å². The molecule has 0 amide bonds. The fraction of sp³-hybridized carbons (Fsp3) is 0.615. The summed E-state index contributed by atoms with van der Waals surface area (Å²) >= 11 is 0. The number of nitrogens with zero attached hydrogens (tertiary/aromatic N) is 6. The summed E-state index contributed by atoms with van der Waals surface area (Å²) in [6, 6.07) is 5.66. The zero-order valence-corrected chi connectivity index (χ0v) is 20.4. The third kappa shape index (κ3) is 4.91. The van der Waals surface area contributed by atoms with E-state index in [1.807, 2.05) is 10.6 Å². The first-order valence-corrected chi connectivity index (χ1v) is 13.2. The van der Waals surface area contributed by atoms with Gasteiger partial charge in [-0.1, -0.05) is 17.7 Å². The Kier molecular flexibility index (Phi) is 6.41. The normalized spacial score (nSPS) is 24.1. The van der Waals surface area contributed by atoms with Gasteiger partial charge >= 0.3 is 0 Å². The highest BCUT2D eigenvalue weighted by Crippen LogP contribution is 2.36. The second kappa shape index (κ2) is 9.97. The van der Waals surface area contributed by atoms with Crippen molar-refractivity contribution in [2.75, 3.05) is 61.1 Å². The summed E-state index contributed by atoms with van der Waals surface area (Å²) in [5.41, 5.74) is 2.80. The Morgan fingerprint density at radius 1 is 1.00 bits per heavy atom. The number of fused-ring (bicyclic) bond motifs is 4. The molecule has 2 saturated heterocycles. The summed E-state index contributed by atoms with van der Waals surface area (Å²) in [4.78, 5) is 31.5. The maximum Gasteiger partial charge on any atom is 0.250 e. The van der Waals surface area contributed by atoms with E-state index in [0.717, 1.165) is 69.7 Å². The highest BCUT2D eigenvalue weighted by atomic mass is 16.5. The molecular formula is C26H35N7O2. The van der Waals surface area contributed by atoms with Crippen molar-refractivity contribution in [3.8, 4) is 0 Å². The van der Waals surface area contributed by atoms with Crippen LogP contribution < -0.4 is 20.7 Å². The van der Waals surface area contributed by atoms with Crippen molar-refractivity contribution in [2.45, 2.75) is 51.0 Å². The monoisotopic (exact) mass is 477 g/mol. The molecule has 0 spiro atoms. The zero-order chi connectivity index (χ0) is 23.6. The molecule has 2 bridgehead atoms. The topological polar surface area (TPSA) is 88.4 Å². The van der Waals surface area contributed by atoms with Gasteiger partial charge in [-0.2, -0.15) is 15.0 Å². The quantitative estimate of drug-likeness (QED) is 0.636. The van der Waals surface area contributed by atoms with Crippen LogP contribution in [0.15, 0.2) is 34.6 Å². The number of nitrogens with one attached hydrogen (secondary N) is 1. The van der Waals surface area contributed by atoms with Crippen LogP contribution in [0.3, 0.4) is 0 Å². The van der Waals surface area contributed by atoms with Crippen LogP contribution in [-0.4, -0.2) is 65.5 Å². The number of hydrogen-bond acceptors (Lipinski definition) is 8. The Bertz CT molecular complexity index is 1140. The van der Waals surface area contributed by atoms with Crippen molar-refractivity contribution in [3.63, 3.8) is 0 Å². The molecule has 2 fully saturated rings. The predicted octanol–water partition coefficient (Wildman–Crippen LogP) is 2.80. The van der Waals surface area contributed by atoms with Crippen molar-refractivity contribution < 1.29 is 4.74 Å². The van der Waals surface area contributed by atoms with E-state index in [9.17, 15) is 4.79 Å². The average Bonchev–Trinajstić information content (AvgIpc) is 2.90. The van der Waals surface area contributed by atoms with Crippen LogP contribution in [0.4, 0.5) is 17.8 Å². The van der Waals surface area contributed by atoms with Crippen LogP contribution in [0, 0.1) is 5.92 Å². The van der Waals surface area contributed by atoms with Crippen LogP contribution in [0.2, 0.25) is 0 Å². The number of anilines is 3. The minimum Gasteiger partial charge on any atom is -0.378 e. The first-order valence-electron chi connectivity index (χ1n) is 13.2. The number of piperidine rings is 1. The van der Waals surface area contributed by atoms with Gasteiger partial charge in [-0.15, -0.1) is 0 Å². The summed E-state index contributed by atoms with van der Waals surface area (Å²) in [5, 5.41) is 3.49. The largest absolute Gasteiger partial charge is 0.378 e. The Labute approximate surface area is 206 Å². The molecule has 9 nitrogen and oxygen atoms in total. The average molecular weight is 478 g/mol. The molecule has 2 aromatic heterocycles. The van der Waals surface area contributed by atoms with Gasteiger partial charge < -0.3 is 24.4 Å². The molecule has 2 aromatic rings. The van der Waals surface area contributed by atoms with E-state index in [1.54, 1.807) is 11.6 Å². The lowest BCUT2D eigenvalue weighted by atomic mass is 9.83. The zero-order valence-electron chi connectivity index (χ0n) is 20.4. The SMILES string of the molecule is O=c1cccc2n1C[C@@H]1C[C@@H]2CN(c2nc(NCCC3=CCCCC3)nc(N3CCOCC3)n2)C1. The van der Waals surface area contributed by atoms with E-state index >= 15 is 0 Å². The smallest absolute Gasteiger partial charge is 0.250 e. The maximum atomic E-state index is 12.4. The van der Waals surface area contributed by atoms with E-state index in [4.69, 9.17) is 19.7 Å². The van der Waals surface area contributed by atoms with Gasteiger partial charge in [-0.3, -0.25) is 4.79 Å². The van der Waals surface area contributed by atoms with Crippen LogP contribution >= 0.6 is 0 Å². The number of allylic oxidation sites excluding steroid dienone is 1. The Hall–Kier alpha value is -2.94. The molecule has 0 unspecified atom stereocenters. The molecule has 6 rings (SSSR count).